The highest BCUT2D eigenvalue weighted by molar-refractivity contribution is 6.22. The Bertz CT molecular complexity index is 1320. The molecule has 4 aromatic rings. The van der Waals surface area contributed by atoms with Crippen molar-refractivity contribution in [1.82, 2.24) is 5.32 Å². The van der Waals surface area contributed by atoms with E-state index in [0.29, 0.717) is 63.0 Å². The van der Waals surface area contributed by atoms with Gasteiger partial charge in [-0.15, -0.1) is 0 Å². The molecule has 0 atom stereocenters. The van der Waals surface area contributed by atoms with Crippen LogP contribution in [0.15, 0.2) is 78.9 Å². The molecule has 38 heavy (non-hydrogen) atoms. The molecular formula is C31H34N2O5. The Morgan fingerprint density at radius 2 is 1.34 bits per heavy atom. The summed E-state index contributed by atoms with van der Waals surface area (Å²) in [6.45, 7) is 4.51. The van der Waals surface area contributed by atoms with Crippen molar-refractivity contribution in [2.75, 3.05) is 44.9 Å². The Morgan fingerprint density at radius 3 is 2.05 bits per heavy atom. The summed E-state index contributed by atoms with van der Waals surface area (Å²) in [4.78, 5) is 25.0. The van der Waals surface area contributed by atoms with E-state index in [0.717, 1.165) is 28.0 Å². The SMILES string of the molecule is CCCC(=O)NCCOCCOCCOc1ccccc1NC(=O)c1c2ccccc2cc2ccccc12. The average molecular weight is 515 g/mol. The monoisotopic (exact) mass is 514 g/mol. The van der Waals surface area contributed by atoms with E-state index in [4.69, 9.17) is 14.2 Å². The third-order valence-corrected chi connectivity index (χ3v) is 6.04. The van der Waals surface area contributed by atoms with Crippen LogP contribution in [0.2, 0.25) is 0 Å². The molecule has 0 fully saturated rings. The Labute approximate surface area is 223 Å². The molecule has 2 amide bonds. The quantitative estimate of drug-likeness (QED) is 0.170. The van der Waals surface area contributed by atoms with Crippen LogP contribution in [0.5, 0.6) is 5.75 Å². The molecule has 4 rings (SSSR count). The first kappa shape index (κ1) is 27.1. The van der Waals surface area contributed by atoms with Crippen molar-refractivity contribution in [2.24, 2.45) is 0 Å². The van der Waals surface area contributed by atoms with Crippen molar-refractivity contribution >= 4 is 39.0 Å². The van der Waals surface area contributed by atoms with E-state index < -0.39 is 0 Å². The zero-order valence-electron chi connectivity index (χ0n) is 21.7. The van der Waals surface area contributed by atoms with Gasteiger partial charge in [0, 0.05) is 13.0 Å². The summed E-state index contributed by atoms with van der Waals surface area (Å²) in [7, 11) is 0. The van der Waals surface area contributed by atoms with Crippen molar-refractivity contribution in [3.05, 3.63) is 84.4 Å². The minimum Gasteiger partial charge on any atom is -0.489 e. The molecule has 0 saturated heterocycles. The topological polar surface area (TPSA) is 85.9 Å². The fourth-order valence-electron chi connectivity index (χ4n) is 4.25. The predicted molar refractivity (Wildman–Crippen MR) is 151 cm³/mol. The van der Waals surface area contributed by atoms with Crippen molar-refractivity contribution in [2.45, 2.75) is 19.8 Å². The van der Waals surface area contributed by atoms with Crippen LogP contribution >= 0.6 is 0 Å². The molecule has 198 valence electrons. The lowest BCUT2D eigenvalue weighted by Crippen LogP contribution is -2.27. The lowest BCUT2D eigenvalue weighted by atomic mass is 9.96. The summed E-state index contributed by atoms with van der Waals surface area (Å²) in [5, 5.41) is 9.70. The highest BCUT2D eigenvalue weighted by atomic mass is 16.5. The van der Waals surface area contributed by atoms with E-state index in [1.165, 1.54) is 0 Å². The highest BCUT2D eigenvalue weighted by Crippen LogP contribution is 2.31. The first-order valence-electron chi connectivity index (χ1n) is 13.0. The number of fused-ring (bicyclic) bond motifs is 2. The van der Waals surface area contributed by atoms with Crippen LogP contribution < -0.4 is 15.4 Å². The fourth-order valence-corrected chi connectivity index (χ4v) is 4.25. The lowest BCUT2D eigenvalue weighted by Gasteiger charge is -2.15. The van der Waals surface area contributed by atoms with Crippen molar-refractivity contribution < 1.29 is 23.8 Å². The van der Waals surface area contributed by atoms with Crippen molar-refractivity contribution in [3.63, 3.8) is 0 Å². The van der Waals surface area contributed by atoms with E-state index in [1.807, 2.05) is 79.7 Å². The van der Waals surface area contributed by atoms with Crippen LogP contribution in [-0.2, 0) is 14.3 Å². The average Bonchev–Trinajstić information content (AvgIpc) is 2.93. The van der Waals surface area contributed by atoms with E-state index >= 15 is 0 Å². The van der Waals surface area contributed by atoms with E-state index in [-0.39, 0.29) is 11.8 Å². The summed E-state index contributed by atoms with van der Waals surface area (Å²) >= 11 is 0. The van der Waals surface area contributed by atoms with Gasteiger partial charge in [-0.2, -0.15) is 0 Å². The van der Waals surface area contributed by atoms with Gasteiger partial charge in [0.25, 0.3) is 5.91 Å². The molecule has 0 aliphatic rings. The maximum Gasteiger partial charge on any atom is 0.257 e. The van der Waals surface area contributed by atoms with E-state index in [1.54, 1.807) is 0 Å². The van der Waals surface area contributed by atoms with Gasteiger partial charge in [0.15, 0.2) is 0 Å². The van der Waals surface area contributed by atoms with Gasteiger partial charge in [-0.1, -0.05) is 67.6 Å². The fraction of sp³-hybridized carbons (Fsp3) is 0.290. The van der Waals surface area contributed by atoms with Crippen LogP contribution in [0, 0.1) is 0 Å². The molecule has 7 nitrogen and oxygen atoms in total. The van der Waals surface area contributed by atoms with Gasteiger partial charge in [0.05, 0.1) is 37.7 Å². The number of amides is 2. The number of anilines is 1. The second kappa shape index (κ2) is 14.1. The molecule has 2 N–H and O–H groups in total. The maximum atomic E-state index is 13.6. The molecule has 0 aromatic heterocycles. The molecule has 0 saturated carbocycles. The van der Waals surface area contributed by atoms with Crippen molar-refractivity contribution in [3.8, 4) is 5.75 Å². The molecule has 4 aromatic carbocycles. The summed E-state index contributed by atoms with van der Waals surface area (Å²) in [6, 6.07) is 25.3. The van der Waals surface area contributed by atoms with Crippen molar-refractivity contribution in [1.29, 1.82) is 0 Å². The van der Waals surface area contributed by atoms with Crippen LogP contribution in [0.4, 0.5) is 5.69 Å². The minimum absolute atomic E-state index is 0.0476. The van der Waals surface area contributed by atoms with Gasteiger partial charge in [-0.25, -0.2) is 0 Å². The normalized spacial score (nSPS) is 11.0. The number of carbonyl (C=O) groups excluding carboxylic acids is 2. The van der Waals surface area contributed by atoms with Gasteiger partial charge in [0.1, 0.15) is 12.4 Å². The van der Waals surface area contributed by atoms with Crippen LogP contribution in [-0.4, -0.2) is 51.4 Å². The summed E-state index contributed by atoms with van der Waals surface area (Å²) in [5.74, 6) is 0.438. The highest BCUT2D eigenvalue weighted by Gasteiger charge is 2.16. The minimum atomic E-state index is -0.187. The van der Waals surface area contributed by atoms with Gasteiger partial charge in [0.2, 0.25) is 5.91 Å². The molecule has 0 aliphatic carbocycles. The molecule has 7 heteroatoms. The Kier molecular flexibility index (Phi) is 10.1. The molecule has 0 spiro atoms. The number of carbonyl (C=O) groups is 2. The number of hydrogen-bond donors (Lipinski definition) is 2. The number of ether oxygens (including phenoxy) is 3. The zero-order chi connectivity index (χ0) is 26.6. The molecule has 0 radical (unpaired) electrons. The van der Waals surface area contributed by atoms with Crippen LogP contribution in [0.25, 0.3) is 21.5 Å². The second-order valence-electron chi connectivity index (χ2n) is 8.82. The zero-order valence-corrected chi connectivity index (χ0v) is 21.7. The number of benzene rings is 4. The number of rotatable bonds is 14. The number of para-hydroxylation sites is 2. The van der Waals surface area contributed by atoms with Gasteiger partial charge >= 0.3 is 0 Å². The maximum absolute atomic E-state index is 13.6. The van der Waals surface area contributed by atoms with Gasteiger partial charge < -0.3 is 24.8 Å². The third kappa shape index (κ3) is 7.31. The second-order valence-corrected chi connectivity index (χ2v) is 8.82. The Hall–Kier alpha value is -3.94. The molecule has 0 aliphatic heterocycles. The Morgan fingerprint density at radius 1 is 0.737 bits per heavy atom. The summed E-state index contributed by atoms with van der Waals surface area (Å²) < 4.78 is 17.0. The third-order valence-electron chi connectivity index (χ3n) is 6.04. The first-order chi connectivity index (χ1) is 18.7. The van der Waals surface area contributed by atoms with Crippen LogP contribution in [0.1, 0.15) is 30.1 Å². The molecule has 0 unspecified atom stereocenters. The predicted octanol–water partition coefficient (Wildman–Crippen LogP) is 5.57. The summed E-state index contributed by atoms with van der Waals surface area (Å²) in [5.41, 5.74) is 1.24. The lowest BCUT2D eigenvalue weighted by molar-refractivity contribution is -0.121. The number of hydrogen-bond acceptors (Lipinski definition) is 5. The van der Waals surface area contributed by atoms with E-state index in [2.05, 4.69) is 16.7 Å². The van der Waals surface area contributed by atoms with E-state index in [9.17, 15) is 9.59 Å². The smallest absolute Gasteiger partial charge is 0.257 e. The molecular weight excluding hydrogens is 480 g/mol. The number of nitrogens with one attached hydrogen (secondary N) is 2. The van der Waals surface area contributed by atoms with Crippen LogP contribution in [0.3, 0.4) is 0 Å². The largest absolute Gasteiger partial charge is 0.489 e. The van der Waals surface area contributed by atoms with Gasteiger partial charge in [-0.3, -0.25) is 9.59 Å². The first-order valence-corrected chi connectivity index (χ1v) is 13.0. The molecule has 0 bridgehead atoms. The molecule has 0 heterocycles. The summed E-state index contributed by atoms with van der Waals surface area (Å²) in [6.07, 6.45) is 1.37. The van der Waals surface area contributed by atoms with Gasteiger partial charge in [-0.05, 0) is 46.2 Å². The Balaban J connectivity index is 1.29. The standard InChI is InChI=1S/C31H34N2O5/c1-2-9-29(34)32-16-17-36-18-19-37-20-21-38-28-15-8-7-14-27(28)33-31(35)30-25-12-5-3-10-23(25)22-24-11-4-6-13-26(24)30/h3-8,10-15,22H,2,9,16-21H2,1H3,(H,32,34)(H,33,35).